The summed E-state index contributed by atoms with van der Waals surface area (Å²) >= 11 is 1.82. The van der Waals surface area contributed by atoms with Crippen molar-refractivity contribution in [2.45, 2.75) is 39.2 Å². The van der Waals surface area contributed by atoms with Crippen LogP contribution < -0.4 is 5.73 Å². The molecule has 2 unspecified atom stereocenters. The second kappa shape index (κ2) is 5.66. The van der Waals surface area contributed by atoms with Gasteiger partial charge in [-0.2, -0.15) is 0 Å². The molecule has 0 aliphatic heterocycles. The van der Waals surface area contributed by atoms with Crippen molar-refractivity contribution >= 4 is 11.3 Å². The third kappa shape index (κ3) is 2.65. The van der Waals surface area contributed by atoms with Gasteiger partial charge in [-0.1, -0.05) is 44.2 Å². The molecule has 1 aromatic heterocycles. The summed E-state index contributed by atoms with van der Waals surface area (Å²) < 4.78 is 0. The molecule has 1 heterocycles. The smallest absolute Gasteiger partial charge is 0.114 e. The molecule has 0 saturated heterocycles. The van der Waals surface area contributed by atoms with Crippen LogP contribution in [-0.2, 0) is 12.8 Å². The Morgan fingerprint density at radius 1 is 1.25 bits per heavy atom. The molecule has 2 N–H and O–H groups in total. The lowest BCUT2D eigenvalue weighted by Gasteiger charge is -2.24. The second-order valence-electron chi connectivity index (χ2n) is 6.06. The van der Waals surface area contributed by atoms with E-state index < -0.39 is 0 Å². The maximum atomic E-state index is 6.37. The first kappa shape index (κ1) is 13.8. The summed E-state index contributed by atoms with van der Waals surface area (Å²) in [6, 6.07) is 10.2. The molecule has 3 heteroatoms. The number of hydrogen-bond acceptors (Lipinski definition) is 3. The number of rotatable bonds is 3. The van der Waals surface area contributed by atoms with E-state index in [2.05, 4.69) is 26.0 Å². The van der Waals surface area contributed by atoms with Crippen molar-refractivity contribution in [3.8, 4) is 0 Å². The summed E-state index contributed by atoms with van der Waals surface area (Å²) in [7, 11) is 0. The first-order valence-corrected chi connectivity index (χ1v) is 8.25. The fourth-order valence-corrected chi connectivity index (χ4v) is 4.16. The molecule has 0 radical (unpaired) electrons. The topological polar surface area (TPSA) is 38.9 Å². The minimum atomic E-state index is -0.0794. The Bertz CT molecular complexity index is 574. The van der Waals surface area contributed by atoms with E-state index in [0.29, 0.717) is 0 Å². The van der Waals surface area contributed by atoms with Crippen molar-refractivity contribution < 1.29 is 0 Å². The van der Waals surface area contributed by atoms with Gasteiger partial charge in [-0.25, -0.2) is 4.98 Å². The van der Waals surface area contributed by atoms with Crippen LogP contribution in [0, 0.1) is 11.8 Å². The Morgan fingerprint density at radius 3 is 2.70 bits per heavy atom. The second-order valence-corrected chi connectivity index (χ2v) is 7.17. The monoisotopic (exact) mass is 286 g/mol. The Hall–Kier alpha value is -1.19. The molecule has 0 bridgehead atoms. The predicted molar refractivity (Wildman–Crippen MR) is 84.9 cm³/mol. The van der Waals surface area contributed by atoms with Crippen LogP contribution in [0.1, 0.15) is 47.5 Å². The molecular weight excluding hydrogens is 264 g/mol. The summed E-state index contributed by atoms with van der Waals surface area (Å²) in [5.41, 5.74) is 8.82. The molecule has 1 aliphatic rings. The van der Waals surface area contributed by atoms with Crippen LogP contribution in [0.2, 0.25) is 0 Å². The molecule has 3 rings (SSSR count). The van der Waals surface area contributed by atoms with Crippen molar-refractivity contribution in [3.05, 3.63) is 51.5 Å². The maximum absolute atomic E-state index is 6.37. The summed E-state index contributed by atoms with van der Waals surface area (Å²) in [4.78, 5) is 6.28. The van der Waals surface area contributed by atoms with Crippen LogP contribution in [0.3, 0.4) is 0 Å². The maximum Gasteiger partial charge on any atom is 0.114 e. The van der Waals surface area contributed by atoms with Gasteiger partial charge in [0.15, 0.2) is 0 Å². The average Bonchev–Trinajstić information content (AvgIpc) is 2.90. The van der Waals surface area contributed by atoms with Crippen molar-refractivity contribution in [1.29, 1.82) is 0 Å². The molecule has 20 heavy (non-hydrogen) atoms. The molecular formula is C17H22N2S. The number of aromatic nitrogens is 1. The standard InChI is InChI=1S/C17H22N2S/c1-11(2)13-8-9-14-15(10-13)20-17(19-14)16(18)12-6-4-3-5-7-12/h3-7,11,13,16H,8-10,18H2,1-2H3. The number of aryl methyl sites for hydroxylation is 1. The first-order chi connectivity index (χ1) is 9.65. The van der Waals surface area contributed by atoms with Crippen LogP contribution in [0.5, 0.6) is 0 Å². The van der Waals surface area contributed by atoms with Gasteiger partial charge in [0.25, 0.3) is 0 Å². The third-order valence-corrected chi connectivity index (χ3v) is 5.56. The van der Waals surface area contributed by atoms with Crippen LogP contribution in [0.25, 0.3) is 0 Å². The zero-order chi connectivity index (χ0) is 14.1. The Morgan fingerprint density at radius 2 is 2.00 bits per heavy atom. The molecule has 2 aromatic rings. The van der Waals surface area contributed by atoms with Gasteiger partial charge in [0.05, 0.1) is 11.7 Å². The fourth-order valence-electron chi connectivity index (χ4n) is 2.93. The van der Waals surface area contributed by atoms with E-state index >= 15 is 0 Å². The van der Waals surface area contributed by atoms with Crippen LogP contribution in [-0.4, -0.2) is 4.98 Å². The lowest BCUT2D eigenvalue weighted by molar-refractivity contribution is 0.344. The Balaban J connectivity index is 1.84. The highest BCUT2D eigenvalue weighted by Gasteiger charge is 2.26. The average molecular weight is 286 g/mol. The van der Waals surface area contributed by atoms with Crippen LogP contribution >= 0.6 is 11.3 Å². The molecule has 106 valence electrons. The molecule has 0 spiro atoms. The predicted octanol–water partition coefficient (Wildman–Crippen LogP) is 3.95. The molecule has 0 fully saturated rings. The van der Waals surface area contributed by atoms with Crippen molar-refractivity contribution in [2.75, 3.05) is 0 Å². The zero-order valence-electron chi connectivity index (χ0n) is 12.2. The quantitative estimate of drug-likeness (QED) is 0.928. The summed E-state index contributed by atoms with van der Waals surface area (Å²) in [6.45, 7) is 4.65. The molecule has 0 amide bonds. The highest BCUT2D eigenvalue weighted by molar-refractivity contribution is 7.11. The highest BCUT2D eigenvalue weighted by atomic mass is 32.1. The van der Waals surface area contributed by atoms with Gasteiger partial charge >= 0.3 is 0 Å². The van der Waals surface area contributed by atoms with Gasteiger partial charge in [0.2, 0.25) is 0 Å². The number of fused-ring (bicyclic) bond motifs is 1. The normalized spacial score (nSPS) is 19.9. The fraction of sp³-hybridized carbons (Fsp3) is 0.471. The summed E-state index contributed by atoms with van der Waals surface area (Å²) in [6.07, 6.45) is 3.58. The minimum Gasteiger partial charge on any atom is -0.318 e. The number of nitrogens with zero attached hydrogens (tertiary/aromatic N) is 1. The number of thiazole rings is 1. The van der Waals surface area contributed by atoms with Gasteiger partial charge < -0.3 is 5.73 Å². The van der Waals surface area contributed by atoms with Gasteiger partial charge in [-0.05, 0) is 36.7 Å². The summed E-state index contributed by atoms with van der Waals surface area (Å²) in [5.74, 6) is 1.57. The van der Waals surface area contributed by atoms with E-state index in [-0.39, 0.29) is 6.04 Å². The Labute approximate surface area is 125 Å². The minimum absolute atomic E-state index is 0.0794. The largest absolute Gasteiger partial charge is 0.318 e. The lowest BCUT2D eigenvalue weighted by atomic mass is 9.83. The zero-order valence-corrected chi connectivity index (χ0v) is 13.0. The molecule has 1 aromatic carbocycles. The third-order valence-electron chi connectivity index (χ3n) is 4.36. The lowest BCUT2D eigenvalue weighted by Crippen LogP contribution is -2.17. The van der Waals surface area contributed by atoms with E-state index in [1.165, 1.54) is 23.4 Å². The molecule has 2 nitrogen and oxygen atoms in total. The SMILES string of the molecule is CC(C)C1CCc2nc(C(N)c3ccccc3)sc2C1. The molecule has 1 aliphatic carbocycles. The van der Waals surface area contributed by atoms with Crippen molar-refractivity contribution in [2.24, 2.45) is 17.6 Å². The number of benzene rings is 1. The van der Waals surface area contributed by atoms with E-state index in [1.807, 2.05) is 29.5 Å². The van der Waals surface area contributed by atoms with Gasteiger partial charge in [-0.15, -0.1) is 11.3 Å². The summed E-state index contributed by atoms with van der Waals surface area (Å²) in [5, 5.41) is 1.07. The van der Waals surface area contributed by atoms with Crippen LogP contribution in [0.4, 0.5) is 0 Å². The van der Waals surface area contributed by atoms with Crippen LogP contribution in [0.15, 0.2) is 30.3 Å². The molecule has 0 saturated carbocycles. The van der Waals surface area contributed by atoms with Crippen molar-refractivity contribution in [1.82, 2.24) is 4.98 Å². The first-order valence-electron chi connectivity index (χ1n) is 7.44. The van der Waals surface area contributed by atoms with Gasteiger partial charge in [0.1, 0.15) is 5.01 Å². The Kier molecular flexibility index (Phi) is 3.90. The highest BCUT2D eigenvalue weighted by Crippen LogP contribution is 2.35. The van der Waals surface area contributed by atoms with E-state index in [0.717, 1.165) is 28.8 Å². The number of nitrogens with two attached hydrogens (primary N) is 1. The van der Waals surface area contributed by atoms with Gasteiger partial charge in [-0.3, -0.25) is 0 Å². The van der Waals surface area contributed by atoms with Crippen molar-refractivity contribution in [3.63, 3.8) is 0 Å². The van der Waals surface area contributed by atoms with E-state index in [9.17, 15) is 0 Å². The van der Waals surface area contributed by atoms with E-state index in [4.69, 9.17) is 10.7 Å². The van der Waals surface area contributed by atoms with Gasteiger partial charge in [0, 0.05) is 4.88 Å². The number of hydrogen-bond donors (Lipinski definition) is 1. The molecule has 2 atom stereocenters. The van der Waals surface area contributed by atoms with E-state index in [1.54, 1.807) is 0 Å².